The van der Waals surface area contributed by atoms with Gasteiger partial charge < -0.3 is 5.32 Å². The van der Waals surface area contributed by atoms with E-state index in [1.807, 2.05) is 26.0 Å². The maximum Gasteiger partial charge on any atom is 0.265 e. The average molecular weight is 299 g/mol. The third kappa shape index (κ3) is 3.03. The van der Waals surface area contributed by atoms with Gasteiger partial charge in [0.25, 0.3) is 5.91 Å². The van der Waals surface area contributed by atoms with E-state index in [0.29, 0.717) is 0 Å². The van der Waals surface area contributed by atoms with Crippen LogP contribution < -0.4 is 5.32 Å². The predicted molar refractivity (Wildman–Crippen MR) is 89.4 cm³/mol. The molecular formula is C18H21NOS. The number of thiophene rings is 1. The fourth-order valence-corrected chi connectivity index (χ4v) is 3.98. The van der Waals surface area contributed by atoms with Crippen LogP contribution in [-0.2, 0) is 12.8 Å². The lowest BCUT2D eigenvalue weighted by Gasteiger charge is -2.16. The molecule has 110 valence electrons. The van der Waals surface area contributed by atoms with Crippen LogP contribution in [0.3, 0.4) is 0 Å². The second kappa shape index (κ2) is 5.64. The molecule has 0 aliphatic heterocycles. The molecule has 1 aliphatic carbocycles. The zero-order valence-corrected chi connectivity index (χ0v) is 13.6. The zero-order valence-electron chi connectivity index (χ0n) is 12.8. The van der Waals surface area contributed by atoms with E-state index >= 15 is 0 Å². The average Bonchev–Trinajstić information content (AvgIpc) is 2.86. The third-order valence-corrected chi connectivity index (χ3v) is 5.43. The molecule has 1 aromatic carbocycles. The molecular weight excluding hydrogens is 278 g/mol. The zero-order chi connectivity index (χ0) is 15.0. The first-order valence-corrected chi connectivity index (χ1v) is 8.35. The highest BCUT2D eigenvalue weighted by molar-refractivity contribution is 7.14. The molecule has 1 aliphatic rings. The number of hydrogen-bond donors (Lipinski definition) is 1. The maximum atomic E-state index is 12.5. The van der Waals surface area contributed by atoms with Gasteiger partial charge in [-0.3, -0.25) is 4.79 Å². The second-order valence-electron chi connectivity index (χ2n) is 6.18. The van der Waals surface area contributed by atoms with Crippen molar-refractivity contribution in [1.29, 1.82) is 0 Å². The maximum absolute atomic E-state index is 12.5. The largest absolute Gasteiger partial charge is 0.321 e. The summed E-state index contributed by atoms with van der Waals surface area (Å²) in [5.74, 6) is 0.762. The number of anilines is 1. The van der Waals surface area contributed by atoms with Crippen molar-refractivity contribution in [1.82, 2.24) is 0 Å². The van der Waals surface area contributed by atoms with Crippen molar-refractivity contribution >= 4 is 22.9 Å². The van der Waals surface area contributed by atoms with Gasteiger partial charge in [-0.15, -0.1) is 11.3 Å². The number of hydrogen-bond acceptors (Lipinski definition) is 2. The van der Waals surface area contributed by atoms with E-state index in [1.54, 1.807) is 11.3 Å². The molecule has 0 saturated heterocycles. The van der Waals surface area contributed by atoms with Crippen LogP contribution in [0, 0.1) is 19.8 Å². The van der Waals surface area contributed by atoms with E-state index in [2.05, 4.69) is 24.4 Å². The van der Waals surface area contributed by atoms with Crippen molar-refractivity contribution in [3.8, 4) is 0 Å². The van der Waals surface area contributed by atoms with Crippen LogP contribution in [-0.4, -0.2) is 5.91 Å². The number of benzene rings is 1. The predicted octanol–water partition coefficient (Wildman–Crippen LogP) is 4.74. The SMILES string of the molecule is Cc1ccc(C)c(NC(=O)c2cc3c(s2)CC[C@H](C)C3)c1. The van der Waals surface area contributed by atoms with Gasteiger partial charge in [0.1, 0.15) is 0 Å². The van der Waals surface area contributed by atoms with Crippen LogP contribution in [0.2, 0.25) is 0 Å². The van der Waals surface area contributed by atoms with Crippen molar-refractivity contribution in [3.05, 3.63) is 50.7 Å². The van der Waals surface area contributed by atoms with Gasteiger partial charge in [0, 0.05) is 10.6 Å². The van der Waals surface area contributed by atoms with Crippen molar-refractivity contribution in [2.45, 2.75) is 40.0 Å². The number of rotatable bonds is 2. The van der Waals surface area contributed by atoms with Crippen molar-refractivity contribution in [2.75, 3.05) is 5.32 Å². The molecule has 1 aromatic heterocycles. The Balaban J connectivity index is 1.81. The van der Waals surface area contributed by atoms with E-state index in [-0.39, 0.29) is 5.91 Å². The number of fused-ring (bicyclic) bond motifs is 1. The quantitative estimate of drug-likeness (QED) is 0.852. The Morgan fingerprint density at radius 1 is 1.29 bits per heavy atom. The van der Waals surface area contributed by atoms with E-state index in [1.165, 1.54) is 16.9 Å². The van der Waals surface area contributed by atoms with Crippen LogP contribution in [0.25, 0.3) is 0 Å². The Morgan fingerprint density at radius 2 is 2.10 bits per heavy atom. The summed E-state index contributed by atoms with van der Waals surface area (Å²) in [7, 11) is 0. The summed E-state index contributed by atoms with van der Waals surface area (Å²) >= 11 is 1.66. The van der Waals surface area contributed by atoms with Crippen LogP contribution in [0.4, 0.5) is 5.69 Å². The van der Waals surface area contributed by atoms with Crippen LogP contribution in [0.1, 0.15) is 44.6 Å². The molecule has 3 rings (SSSR count). The smallest absolute Gasteiger partial charge is 0.265 e. The van der Waals surface area contributed by atoms with Gasteiger partial charge in [0.2, 0.25) is 0 Å². The highest BCUT2D eigenvalue weighted by Gasteiger charge is 2.20. The van der Waals surface area contributed by atoms with Gasteiger partial charge in [-0.05, 0) is 67.9 Å². The van der Waals surface area contributed by atoms with Gasteiger partial charge in [0.05, 0.1) is 4.88 Å². The molecule has 2 aromatic rings. The van der Waals surface area contributed by atoms with E-state index in [9.17, 15) is 4.79 Å². The molecule has 21 heavy (non-hydrogen) atoms. The topological polar surface area (TPSA) is 29.1 Å². The van der Waals surface area contributed by atoms with E-state index < -0.39 is 0 Å². The molecule has 1 heterocycles. The summed E-state index contributed by atoms with van der Waals surface area (Å²) in [6, 6.07) is 8.24. The normalized spacial score (nSPS) is 17.4. The van der Waals surface area contributed by atoms with Crippen molar-refractivity contribution in [3.63, 3.8) is 0 Å². The molecule has 0 unspecified atom stereocenters. The number of carbonyl (C=O) groups excluding carboxylic acids is 1. The highest BCUT2D eigenvalue weighted by atomic mass is 32.1. The molecule has 2 nitrogen and oxygen atoms in total. The monoisotopic (exact) mass is 299 g/mol. The first-order chi connectivity index (χ1) is 10.0. The molecule has 1 amide bonds. The van der Waals surface area contributed by atoms with Crippen LogP contribution >= 0.6 is 11.3 Å². The highest BCUT2D eigenvalue weighted by Crippen LogP contribution is 2.32. The summed E-state index contributed by atoms with van der Waals surface area (Å²) < 4.78 is 0. The van der Waals surface area contributed by atoms with Crippen LogP contribution in [0.15, 0.2) is 24.3 Å². The number of aryl methyl sites for hydroxylation is 3. The second-order valence-corrected chi connectivity index (χ2v) is 7.32. The molecule has 1 N–H and O–H groups in total. The fraction of sp³-hybridized carbons (Fsp3) is 0.389. The minimum absolute atomic E-state index is 0.0238. The number of carbonyl (C=O) groups is 1. The fourth-order valence-electron chi connectivity index (χ4n) is 2.87. The van der Waals surface area contributed by atoms with Gasteiger partial charge in [-0.2, -0.15) is 0 Å². The first-order valence-electron chi connectivity index (χ1n) is 7.53. The standard InChI is InChI=1S/C18H21NOS/c1-11-5-7-16-14(8-11)10-17(21-16)18(20)19-15-9-12(2)4-6-13(15)3/h4,6,9-11H,5,7-8H2,1-3H3,(H,19,20)/t11-/m0/s1. The lowest BCUT2D eigenvalue weighted by Crippen LogP contribution is -2.11. The minimum Gasteiger partial charge on any atom is -0.321 e. The van der Waals surface area contributed by atoms with Crippen LogP contribution in [0.5, 0.6) is 0 Å². The Hall–Kier alpha value is -1.61. The summed E-state index contributed by atoms with van der Waals surface area (Å²) in [4.78, 5) is 14.7. The first kappa shape index (κ1) is 14.3. The molecule has 0 saturated carbocycles. The molecule has 0 fully saturated rings. The lowest BCUT2D eigenvalue weighted by molar-refractivity contribution is 0.103. The Kier molecular flexibility index (Phi) is 3.85. The molecule has 3 heteroatoms. The van der Waals surface area contributed by atoms with Crippen molar-refractivity contribution < 1.29 is 4.79 Å². The lowest BCUT2D eigenvalue weighted by atomic mass is 9.90. The van der Waals surface area contributed by atoms with E-state index in [4.69, 9.17) is 0 Å². The Labute approximate surface area is 130 Å². The van der Waals surface area contributed by atoms with Gasteiger partial charge in [0.15, 0.2) is 0 Å². The summed E-state index contributed by atoms with van der Waals surface area (Å²) in [5.41, 5.74) is 4.56. The van der Waals surface area contributed by atoms with Gasteiger partial charge >= 0.3 is 0 Å². The molecule has 0 bridgehead atoms. The molecule has 0 spiro atoms. The van der Waals surface area contributed by atoms with Crippen molar-refractivity contribution in [2.24, 2.45) is 5.92 Å². The Bertz CT molecular complexity index is 687. The summed E-state index contributed by atoms with van der Waals surface area (Å²) in [5, 5.41) is 3.06. The Morgan fingerprint density at radius 3 is 2.90 bits per heavy atom. The van der Waals surface area contributed by atoms with Gasteiger partial charge in [-0.1, -0.05) is 19.1 Å². The third-order valence-electron chi connectivity index (χ3n) is 4.19. The number of nitrogens with one attached hydrogen (secondary N) is 1. The summed E-state index contributed by atoms with van der Waals surface area (Å²) in [6.07, 6.45) is 3.48. The minimum atomic E-state index is 0.0238. The summed E-state index contributed by atoms with van der Waals surface area (Å²) in [6.45, 7) is 6.35. The van der Waals surface area contributed by atoms with Gasteiger partial charge in [-0.25, -0.2) is 0 Å². The molecule has 0 radical (unpaired) electrons. The van der Waals surface area contributed by atoms with E-state index in [0.717, 1.165) is 40.5 Å². The number of amides is 1. The molecule has 1 atom stereocenters.